The summed E-state index contributed by atoms with van der Waals surface area (Å²) < 4.78 is 17.3. The number of hydrogen-bond acceptors (Lipinski definition) is 3. The monoisotopic (exact) mass is 570 g/mol. The smallest absolute Gasteiger partial charge is 0.160 e. The van der Waals surface area contributed by atoms with Crippen molar-refractivity contribution in [3.63, 3.8) is 0 Å². The molecule has 0 radical (unpaired) electrons. The minimum Gasteiger partial charge on any atom is -0.356 e. The van der Waals surface area contributed by atoms with Gasteiger partial charge in [0.2, 0.25) is 0 Å². The SMILES string of the molecule is COC(CCCC(C)CC(C)CC(C)Br)OC(CCCC(C)CC(C)CC(C)Br)OC. The second-order valence-corrected chi connectivity index (χ2v) is 13.4. The van der Waals surface area contributed by atoms with Crippen molar-refractivity contribution in [2.45, 2.75) is 128 Å². The topological polar surface area (TPSA) is 27.7 Å². The van der Waals surface area contributed by atoms with Gasteiger partial charge in [0.15, 0.2) is 12.6 Å². The van der Waals surface area contributed by atoms with Crippen LogP contribution in [0.15, 0.2) is 0 Å². The van der Waals surface area contributed by atoms with Gasteiger partial charge in [0.05, 0.1) is 0 Å². The van der Waals surface area contributed by atoms with Crippen molar-refractivity contribution in [2.24, 2.45) is 23.7 Å². The Labute approximate surface area is 211 Å². The van der Waals surface area contributed by atoms with Crippen molar-refractivity contribution in [1.82, 2.24) is 0 Å². The Kier molecular flexibility index (Phi) is 19.7. The molecule has 0 amide bonds. The first-order valence-corrected chi connectivity index (χ1v) is 14.4. The van der Waals surface area contributed by atoms with Crippen LogP contribution >= 0.6 is 31.9 Å². The van der Waals surface area contributed by atoms with Crippen molar-refractivity contribution in [3.05, 3.63) is 0 Å². The van der Waals surface area contributed by atoms with E-state index in [0.29, 0.717) is 9.65 Å². The largest absolute Gasteiger partial charge is 0.356 e. The zero-order chi connectivity index (χ0) is 23.8. The van der Waals surface area contributed by atoms with E-state index in [2.05, 4.69) is 73.4 Å². The molecule has 0 bridgehead atoms. The molecule has 0 saturated carbocycles. The molecule has 0 saturated heterocycles. The lowest BCUT2D eigenvalue weighted by molar-refractivity contribution is -0.233. The number of hydrogen-bond donors (Lipinski definition) is 0. The Morgan fingerprint density at radius 2 is 0.871 bits per heavy atom. The molecule has 0 N–H and O–H groups in total. The predicted octanol–water partition coefficient (Wildman–Crippen LogP) is 8.96. The third kappa shape index (κ3) is 18.9. The maximum atomic E-state index is 6.12. The summed E-state index contributed by atoms with van der Waals surface area (Å²) in [5, 5.41) is 0. The summed E-state index contributed by atoms with van der Waals surface area (Å²) in [5.74, 6) is 3.02. The van der Waals surface area contributed by atoms with E-state index >= 15 is 0 Å². The van der Waals surface area contributed by atoms with E-state index in [1.54, 1.807) is 14.2 Å². The van der Waals surface area contributed by atoms with Crippen molar-refractivity contribution in [2.75, 3.05) is 14.2 Å². The summed E-state index contributed by atoms with van der Waals surface area (Å²) in [4.78, 5) is 1.22. The fourth-order valence-corrected chi connectivity index (χ4v) is 6.11. The molecular weight excluding hydrogens is 520 g/mol. The molecule has 0 aromatic rings. The van der Waals surface area contributed by atoms with E-state index in [1.807, 2.05) is 0 Å². The lowest BCUT2D eigenvalue weighted by Crippen LogP contribution is -2.25. The Hall–Kier alpha value is 0.840. The molecule has 31 heavy (non-hydrogen) atoms. The minimum absolute atomic E-state index is 0.171. The minimum atomic E-state index is -0.171. The van der Waals surface area contributed by atoms with Gasteiger partial charge in [-0.25, -0.2) is 0 Å². The third-order valence-corrected chi connectivity index (χ3v) is 6.91. The maximum Gasteiger partial charge on any atom is 0.160 e. The van der Waals surface area contributed by atoms with Gasteiger partial charge >= 0.3 is 0 Å². The highest BCUT2D eigenvalue weighted by Gasteiger charge is 2.18. The molecular formula is C26H52Br2O3. The summed E-state index contributed by atoms with van der Waals surface area (Å²) in [6.45, 7) is 13.9. The molecule has 0 heterocycles. The number of rotatable bonds is 20. The predicted molar refractivity (Wildman–Crippen MR) is 142 cm³/mol. The van der Waals surface area contributed by atoms with Crippen LogP contribution < -0.4 is 0 Å². The van der Waals surface area contributed by atoms with Crippen LogP contribution in [0.3, 0.4) is 0 Å². The van der Waals surface area contributed by atoms with Gasteiger partial charge in [-0.2, -0.15) is 0 Å². The summed E-state index contributed by atoms with van der Waals surface area (Å²) in [7, 11) is 3.49. The lowest BCUT2D eigenvalue weighted by Gasteiger charge is -2.24. The first-order valence-electron chi connectivity index (χ1n) is 12.6. The first-order chi connectivity index (χ1) is 14.6. The Bertz CT molecular complexity index is 370. The first kappa shape index (κ1) is 31.8. The maximum absolute atomic E-state index is 6.12. The average molecular weight is 573 g/mol. The highest BCUT2D eigenvalue weighted by atomic mass is 79.9. The van der Waals surface area contributed by atoms with Crippen molar-refractivity contribution < 1.29 is 14.2 Å². The van der Waals surface area contributed by atoms with Gasteiger partial charge in [-0.05, 0) is 75.0 Å². The molecule has 0 aromatic heterocycles. The summed E-state index contributed by atoms with van der Waals surface area (Å²) in [6.07, 6.45) is 11.3. The van der Waals surface area contributed by atoms with Crippen LogP contribution in [0.1, 0.15) is 106 Å². The molecule has 3 nitrogen and oxygen atoms in total. The molecule has 0 rings (SSSR count). The van der Waals surface area contributed by atoms with E-state index in [9.17, 15) is 0 Å². The van der Waals surface area contributed by atoms with Crippen LogP contribution in [0.25, 0.3) is 0 Å². The van der Waals surface area contributed by atoms with Gasteiger partial charge in [-0.1, -0.05) is 86.2 Å². The van der Waals surface area contributed by atoms with Gasteiger partial charge < -0.3 is 14.2 Å². The number of ether oxygens (including phenoxy) is 3. The second-order valence-electron chi connectivity index (χ2n) is 10.3. The number of alkyl halides is 2. The van der Waals surface area contributed by atoms with Crippen LogP contribution in [0.5, 0.6) is 0 Å². The van der Waals surface area contributed by atoms with Crippen molar-refractivity contribution >= 4 is 31.9 Å². The standard InChI is InChI=1S/C26H52Br2O3/c1-19(15-21(3)17-23(5)27)11-9-13-25(29-7)31-26(30-8)14-10-12-20(2)16-22(4)18-24(6)28/h19-26H,9-18H2,1-8H3. The lowest BCUT2D eigenvalue weighted by atomic mass is 9.90. The normalized spacial score (nSPS) is 19.9. The summed E-state index contributed by atoms with van der Waals surface area (Å²) in [6, 6.07) is 0. The van der Waals surface area contributed by atoms with E-state index < -0.39 is 0 Å². The molecule has 0 aliphatic heterocycles. The Morgan fingerprint density at radius 3 is 1.16 bits per heavy atom. The van der Waals surface area contributed by atoms with Crippen LogP contribution in [0, 0.1) is 23.7 Å². The van der Waals surface area contributed by atoms with E-state index in [-0.39, 0.29) is 12.6 Å². The summed E-state index contributed by atoms with van der Waals surface area (Å²) in [5.41, 5.74) is 0. The Balaban J connectivity index is 4.13. The van der Waals surface area contributed by atoms with Crippen molar-refractivity contribution in [1.29, 1.82) is 0 Å². The zero-order valence-electron chi connectivity index (χ0n) is 21.7. The molecule has 188 valence electrons. The van der Waals surface area contributed by atoms with Gasteiger partial charge in [-0.15, -0.1) is 0 Å². The van der Waals surface area contributed by atoms with Crippen LogP contribution in [-0.4, -0.2) is 36.5 Å². The van der Waals surface area contributed by atoms with E-state index in [0.717, 1.165) is 49.4 Å². The molecule has 0 aliphatic carbocycles. The highest BCUT2D eigenvalue weighted by molar-refractivity contribution is 9.09. The van der Waals surface area contributed by atoms with Gasteiger partial charge in [0.1, 0.15) is 0 Å². The molecule has 0 aromatic carbocycles. The molecule has 8 unspecified atom stereocenters. The van der Waals surface area contributed by atoms with E-state index in [1.165, 1.54) is 38.5 Å². The third-order valence-electron chi connectivity index (χ3n) is 6.17. The average Bonchev–Trinajstić information content (AvgIpc) is 2.64. The van der Waals surface area contributed by atoms with Crippen LogP contribution in [0.2, 0.25) is 0 Å². The molecule has 8 atom stereocenters. The van der Waals surface area contributed by atoms with Crippen molar-refractivity contribution in [3.8, 4) is 0 Å². The van der Waals surface area contributed by atoms with Gasteiger partial charge in [0, 0.05) is 23.9 Å². The number of methoxy groups -OCH3 is 2. The fraction of sp³-hybridized carbons (Fsp3) is 1.00. The molecule has 0 fully saturated rings. The zero-order valence-corrected chi connectivity index (χ0v) is 24.8. The van der Waals surface area contributed by atoms with Crippen LogP contribution in [-0.2, 0) is 14.2 Å². The van der Waals surface area contributed by atoms with Gasteiger partial charge in [-0.3, -0.25) is 0 Å². The second kappa shape index (κ2) is 19.2. The number of halogens is 2. The fourth-order valence-electron chi connectivity index (χ4n) is 4.83. The van der Waals surface area contributed by atoms with Gasteiger partial charge in [0.25, 0.3) is 0 Å². The van der Waals surface area contributed by atoms with Crippen LogP contribution in [0.4, 0.5) is 0 Å². The molecule has 5 heteroatoms. The molecule has 0 aliphatic rings. The Morgan fingerprint density at radius 1 is 0.516 bits per heavy atom. The highest BCUT2D eigenvalue weighted by Crippen LogP contribution is 2.25. The van der Waals surface area contributed by atoms with E-state index in [4.69, 9.17) is 14.2 Å². The molecule has 0 spiro atoms. The summed E-state index contributed by atoms with van der Waals surface area (Å²) >= 11 is 7.35. The quantitative estimate of drug-likeness (QED) is 0.108.